The molecule has 0 aliphatic rings. The number of amides is 1. The third kappa shape index (κ3) is 6.48. The van der Waals surface area contributed by atoms with E-state index in [0.717, 1.165) is 18.6 Å². The summed E-state index contributed by atoms with van der Waals surface area (Å²) >= 11 is 0. The Labute approximate surface area is 241 Å². The van der Waals surface area contributed by atoms with Crippen LogP contribution in [0.15, 0.2) is 51.1 Å². The van der Waals surface area contributed by atoms with E-state index in [0.29, 0.717) is 38.3 Å². The van der Waals surface area contributed by atoms with Crippen LogP contribution in [0.25, 0.3) is 32.3 Å². The lowest BCUT2D eigenvalue weighted by atomic mass is 9.93. The Kier molecular flexibility index (Phi) is 8.78. The highest BCUT2D eigenvalue weighted by atomic mass is 32.2. The average molecular weight is 642 g/mol. The summed E-state index contributed by atoms with van der Waals surface area (Å²) in [5, 5.41) is 2.00. The van der Waals surface area contributed by atoms with Crippen molar-refractivity contribution >= 4 is 74.4 Å². The van der Waals surface area contributed by atoms with E-state index in [1.165, 1.54) is 18.2 Å². The highest BCUT2D eigenvalue weighted by molar-refractivity contribution is 7.87. The van der Waals surface area contributed by atoms with Crippen LogP contribution in [0.5, 0.6) is 5.75 Å². The van der Waals surface area contributed by atoms with E-state index >= 15 is 0 Å². The number of hydrogen-bond donors (Lipinski definition) is 4. The number of ketones is 1. The molecule has 42 heavy (non-hydrogen) atoms. The van der Waals surface area contributed by atoms with Gasteiger partial charge in [0.2, 0.25) is 0 Å². The van der Waals surface area contributed by atoms with Gasteiger partial charge in [0.05, 0.1) is 0 Å². The highest BCUT2D eigenvalue weighted by Gasteiger charge is 2.28. The summed E-state index contributed by atoms with van der Waals surface area (Å²) in [4.78, 5) is 21.4. The van der Waals surface area contributed by atoms with Crippen molar-refractivity contribution in [2.45, 2.75) is 53.7 Å². The minimum absolute atomic E-state index is 0.0624. The van der Waals surface area contributed by atoms with Crippen molar-refractivity contribution in [3.63, 3.8) is 0 Å². The summed E-state index contributed by atoms with van der Waals surface area (Å²) in [6.07, 6.45) is 2.96. The van der Waals surface area contributed by atoms with Gasteiger partial charge in [0.1, 0.15) is 26.2 Å². The van der Waals surface area contributed by atoms with Crippen LogP contribution in [0.3, 0.4) is 0 Å². The summed E-state index contributed by atoms with van der Waals surface area (Å²) in [6.45, 7) is 1.51. The third-order valence-corrected chi connectivity index (χ3v) is 9.47. The quantitative estimate of drug-likeness (QED) is 0.0938. The minimum Gasteiger partial charge on any atom is -0.483 e. The van der Waals surface area contributed by atoms with Gasteiger partial charge in [-0.3, -0.25) is 23.2 Å². The smallest absolute Gasteiger partial charge is 0.295 e. The largest absolute Gasteiger partial charge is 0.483 e. The Morgan fingerprint density at radius 1 is 0.714 bits per heavy atom. The number of carbonyl (C=O) groups is 2. The first kappa shape index (κ1) is 31.5. The first-order valence-electron chi connectivity index (χ1n) is 12.7. The van der Waals surface area contributed by atoms with Gasteiger partial charge in [0, 0.05) is 57.8 Å². The average Bonchev–Trinajstić information content (AvgIpc) is 2.90. The van der Waals surface area contributed by atoms with Crippen LogP contribution >= 0.6 is 0 Å². The molecule has 1 amide bonds. The van der Waals surface area contributed by atoms with Crippen LogP contribution in [0, 0.1) is 0 Å². The predicted molar refractivity (Wildman–Crippen MR) is 152 cm³/mol. The van der Waals surface area contributed by atoms with E-state index in [1.54, 1.807) is 6.92 Å². The van der Waals surface area contributed by atoms with Crippen LogP contribution in [0.1, 0.15) is 39.0 Å². The van der Waals surface area contributed by atoms with Crippen LogP contribution < -0.4 is 10.1 Å². The summed E-state index contributed by atoms with van der Waals surface area (Å²) in [7, 11) is -15.0. The lowest BCUT2D eigenvalue weighted by Gasteiger charge is -2.19. The molecule has 13 nitrogen and oxygen atoms in total. The van der Waals surface area contributed by atoms with Crippen molar-refractivity contribution in [3.8, 4) is 5.75 Å². The normalized spacial score (nSPS) is 12.8. The zero-order chi connectivity index (χ0) is 31.0. The van der Waals surface area contributed by atoms with Gasteiger partial charge in [0.15, 0.2) is 6.61 Å². The Balaban J connectivity index is 1.79. The Hall–Kier alpha value is -3.41. The van der Waals surface area contributed by atoms with E-state index < -0.39 is 57.6 Å². The third-order valence-electron chi connectivity index (χ3n) is 6.79. The monoisotopic (exact) mass is 641 g/mol. The van der Waals surface area contributed by atoms with Gasteiger partial charge in [-0.1, -0.05) is 31.5 Å². The van der Waals surface area contributed by atoms with E-state index in [-0.39, 0.29) is 43.9 Å². The van der Waals surface area contributed by atoms with E-state index in [4.69, 9.17) is 4.74 Å². The number of ether oxygens (including phenoxy) is 1. The van der Waals surface area contributed by atoms with E-state index in [2.05, 4.69) is 5.32 Å². The maximum Gasteiger partial charge on any atom is 0.295 e. The molecule has 0 spiro atoms. The molecule has 0 aliphatic carbocycles. The second kappa shape index (κ2) is 11.7. The lowest BCUT2D eigenvalue weighted by Crippen LogP contribution is -2.29. The Bertz CT molecular complexity index is 1980. The number of Topliss-reactive ketones (excluding diaryl/α,β-unsaturated/α-hetero) is 1. The molecule has 4 N–H and O–H groups in total. The molecule has 0 atom stereocenters. The van der Waals surface area contributed by atoms with Gasteiger partial charge < -0.3 is 10.1 Å². The number of unbranched alkanes of at least 4 members (excludes halogenated alkanes) is 2. The van der Waals surface area contributed by atoms with E-state index in [9.17, 15) is 48.5 Å². The van der Waals surface area contributed by atoms with Gasteiger partial charge in [-0.05, 0) is 25.0 Å². The maximum atomic E-state index is 12.4. The van der Waals surface area contributed by atoms with Crippen molar-refractivity contribution in [2.24, 2.45) is 0 Å². The molecule has 4 aromatic carbocycles. The molecule has 16 heteroatoms. The molecule has 226 valence electrons. The van der Waals surface area contributed by atoms with Crippen molar-refractivity contribution < 1.29 is 53.2 Å². The molecule has 0 aromatic heterocycles. The number of carbonyl (C=O) groups excluding carboxylic acids is 2. The maximum absolute atomic E-state index is 12.4. The van der Waals surface area contributed by atoms with Crippen molar-refractivity contribution in [1.82, 2.24) is 5.32 Å². The van der Waals surface area contributed by atoms with Gasteiger partial charge in [-0.2, -0.15) is 25.3 Å². The molecule has 0 unspecified atom stereocenters. The SMILES string of the molecule is CCC(=O)CCCCCNC(=O)COc1cc(S(=O)(=O)O)c2ccc3c(S(=O)(=O)O)cc(S(=O)(=O)O)c4ccc1c2c43. The summed E-state index contributed by atoms with van der Waals surface area (Å²) in [5.74, 6) is -0.599. The summed E-state index contributed by atoms with van der Waals surface area (Å²) in [6, 6.07) is 6.40. The Morgan fingerprint density at radius 3 is 1.69 bits per heavy atom. The zero-order valence-corrected chi connectivity index (χ0v) is 24.6. The zero-order valence-electron chi connectivity index (χ0n) is 22.2. The molecule has 0 saturated carbocycles. The number of benzene rings is 4. The van der Waals surface area contributed by atoms with Crippen LogP contribution in [0.4, 0.5) is 0 Å². The molecule has 0 heterocycles. The molecule has 4 rings (SSSR count). The van der Waals surface area contributed by atoms with Crippen LogP contribution in [-0.4, -0.2) is 63.8 Å². The Morgan fingerprint density at radius 2 is 1.19 bits per heavy atom. The van der Waals surface area contributed by atoms with Gasteiger partial charge in [0.25, 0.3) is 36.3 Å². The lowest BCUT2D eigenvalue weighted by molar-refractivity contribution is -0.123. The molecule has 0 saturated heterocycles. The topological polar surface area (TPSA) is 219 Å². The fraction of sp³-hybridized carbons (Fsp3) is 0.308. The van der Waals surface area contributed by atoms with Crippen molar-refractivity contribution in [3.05, 3.63) is 36.4 Å². The van der Waals surface area contributed by atoms with Gasteiger partial charge in [-0.15, -0.1) is 0 Å². The number of hydrogen-bond acceptors (Lipinski definition) is 9. The van der Waals surface area contributed by atoms with Crippen molar-refractivity contribution in [1.29, 1.82) is 0 Å². The van der Waals surface area contributed by atoms with E-state index in [1.807, 2.05) is 0 Å². The first-order valence-corrected chi connectivity index (χ1v) is 17.0. The summed E-state index contributed by atoms with van der Waals surface area (Å²) < 4.78 is 109. The first-order chi connectivity index (χ1) is 19.5. The standard InChI is InChI=1S/C26H27NO12S3/c1-2-15(28)6-4-3-5-11-27-24(29)14-39-20-12-21(40(30,31)32)17-9-10-19-23(42(36,37)38)13-22(41(33,34)35)18-8-7-16(20)25(17)26(18)19/h7-10,12-13H,2-6,11,14H2,1H3,(H,27,29)(H,30,31,32)(H,33,34,35)(H,36,37,38). The predicted octanol–water partition coefficient (Wildman–Crippen LogP) is 3.36. The fourth-order valence-corrected chi connectivity index (χ4v) is 7.06. The number of rotatable bonds is 13. The highest BCUT2D eigenvalue weighted by Crippen LogP contribution is 2.45. The molecule has 0 radical (unpaired) electrons. The second-order valence-electron chi connectivity index (χ2n) is 9.58. The summed E-state index contributed by atoms with van der Waals surface area (Å²) in [5.41, 5.74) is 0. The molecular formula is C26H27NO12S3. The van der Waals surface area contributed by atoms with Crippen molar-refractivity contribution in [2.75, 3.05) is 13.2 Å². The van der Waals surface area contributed by atoms with Gasteiger partial charge >= 0.3 is 0 Å². The molecule has 0 aliphatic heterocycles. The van der Waals surface area contributed by atoms with Crippen LogP contribution in [-0.2, 0) is 39.9 Å². The molecule has 0 fully saturated rings. The second-order valence-corrected chi connectivity index (χ2v) is 13.8. The van der Waals surface area contributed by atoms with Gasteiger partial charge in [-0.25, -0.2) is 0 Å². The molecular weight excluding hydrogens is 614 g/mol. The molecule has 4 aromatic rings. The fourth-order valence-electron chi connectivity index (χ4n) is 4.85. The number of nitrogens with one attached hydrogen (secondary N) is 1. The minimum atomic E-state index is -5.05. The molecule has 0 bridgehead atoms. The van der Waals surface area contributed by atoms with Crippen LogP contribution in [0.2, 0.25) is 0 Å².